The summed E-state index contributed by atoms with van der Waals surface area (Å²) in [5, 5.41) is 8.95. The van der Waals surface area contributed by atoms with Crippen LogP contribution < -0.4 is 0 Å². The third-order valence-electron chi connectivity index (χ3n) is 2.87. The van der Waals surface area contributed by atoms with E-state index < -0.39 is 0 Å². The minimum atomic E-state index is -0.292. The van der Waals surface area contributed by atoms with E-state index in [-0.39, 0.29) is 5.82 Å². The molecule has 0 aliphatic heterocycles. The number of fused-ring (bicyclic) bond motifs is 1. The van der Waals surface area contributed by atoms with Crippen LogP contribution in [0.4, 0.5) is 4.39 Å². The van der Waals surface area contributed by atoms with E-state index in [1.165, 1.54) is 0 Å². The average Bonchev–Trinajstić information content (AvgIpc) is 2.87. The molecule has 1 aromatic carbocycles. The molecule has 18 heavy (non-hydrogen) atoms. The number of hydrogen-bond acceptors (Lipinski definition) is 2. The Kier molecular flexibility index (Phi) is 2.48. The molecule has 0 radical (unpaired) electrons. The maximum atomic E-state index is 14.2. The fourth-order valence-electron chi connectivity index (χ4n) is 2.10. The van der Waals surface area contributed by atoms with E-state index in [4.69, 9.17) is 0 Å². The van der Waals surface area contributed by atoms with Crippen LogP contribution in [0, 0.1) is 5.82 Å². The number of nitrogens with zero attached hydrogens (tertiary/aromatic N) is 4. The normalized spacial score (nSPS) is 11.3. The van der Waals surface area contributed by atoms with Crippen molar-refractivity contribution in [2.75, 3.05) is 0 Å². The third-order valence-corrected chi connectivity index (χ3v) is 3.48. The molecule has 0 fully saturated rings. The second-order valence-corrected chi connectivity index (χ2v) is 4.98. The van der Waals surface area contributed by atoms with Gasteiger partial charge in [-0.25, -0.2) is 4.39 Å². The molecule has 6 heteroatoms. The quantitative estimate of drug-likeness (QED) is 0.693. The molecule has 4 nitrogen and oxygen atoms in total. The van der Waals surface area contributed by atoms with Crippen molar-refractivity contribution in [2.24, 2.45) is 14.1 Å². The van der Waals surface area contributed by atoms with Crippen LogP contribution in [0.5, 0.6) is 0 Å². The van der Waals surface area contributed by atoms with E-state index in [0.717, 1.165) is 11.3 Å². The summed E-state index contributed by atoms with van der Waals surface area (Å²) in [7, 11) is 3.63. The number of benzene rings is 1. The summed E-state index contributed by atoms with van der Waals surface area (Å²) >= 11 is 3.20. The second-order valence-electron chi connectivity index (χ2n) is 4.13. The van der Waals surface area contributed by atoms with Crippen LogP contribution >= 0.6 is 15.9 Å². The van der Waals surface area contributed by atoms with Crippen molar-refractivity contribution in [2.45, 2.75) is 0 Å². The zero-order valence-corrected chi connectivity index (χ0v) is 11.4. The monoisotopic (exact) mass is 308 g/mol. The third kappa shape index (κ3) is 1.56. The molecule has 0 unspecified atom stereocenters. The van der Waals surface area contributed by atoms with E-state index in [0.29, 0.717) is 15.4 Å². The summed E-state index contributed by atoms with van der Waals surface area (Å²) in [6.45, 7) is 0. The van der Waals surface area contributed by atoms with Crippen molar-refractivity contribution >= 4 is 26.8 Å². The van der Waals surface area contributed by atoms with E-state index >= 15 is 0 Å². The summed E-state index contributed by atoms with van der Waals surface area (Å²) in [6, 6.07) is 3.46. The highest BCUT2D eigenvalue weighted by Gasteiger charge is 2.17. The Bertz CT molecular complexity index is 744. The van der Waals surface area contributed by atoms with Crippen molar-refractivity contribution in [1.29, 1.82) is 0 Å². The Balaban J connectivity index is 2.41. The molecule has 0 saturated heterocycles. The standard InChI is InChI=1S/C12H10BrFN4/c1-17-6-7(5-15-17)12-10-9(16-18(12)2)4-3-8(13)11(10)14/h3-6H,1-2H3. The number of aromatic nitrogens is 4. The van der Waals surface area contributed by atoms with Gasteiger partial charge in [-0.3, -0.25) is 9.36 Å². The number of halogens is 2. The highest BCUT2D eigenvalue weighted by atomic mass is 79.9. The van der Waals surface area contributed by atoms with Gasteiger partial charge in [0.2, 0.25) is 0 Å². The highest BCUT2D eigenvalue weighted by Crippen LogP contribution is 2.32. The van der Waals surface area contributed by atoms with Crippen molar-refractivity contribution in [3.63, 3.8) is 0 Å². The first-order valence-corrected chi connectivity index (χ1v) is 6.17. The van der Waals surface area contributed by atoms with E-state index in [1.807, 2.05) is 13.2 Å². The molecule has 3 aromatic rings. The first kappa shape index (κ1) is 11.4. The topological polar surface area (TPSA) is 35.6 Å². The minimum absolute atomic E-state index is 0.292. The lowest BCUT2D eigenvalue weighted by Crippen LogP contribution is -1.93. The Labute approximate surface area is 111 Å². The van der Waals surface area contributed by atoms with Crippen molar-refractivity contribution < 1.29 is 4.39 Å². The first-order valence-electron chi connectivity index (χ1n) is 5.37. The zero-order chi connectivity index (χ0) is 12.9. The maximum Gasteiger partial charge on any atom is 0.149 e. The van der Waals surface area contributed by atoms with Gasteiger partial charge in [-0.05, 0) is 28.1 Å². The average molecular weight is 309 g/mol. The summed E-state index contributed by atoms with van der Waals surface area (Å²) < 4.78 is 18.0. The lowest BCUT2D eigenvalue weighted by Gasteiger charge is -2.00. The van der Waals surface area contributed by atoms with Gasteiger partial charge < -0.3 is 0 Å². The van der Waals surface area contributed by atoms with Crippen molar-refractivity contribution in [3.8, 4) is 11.3 Å². The van der Waals surface area contributed by atoms with E-state index in [1.54, 1.807) is 34.7 Å². The van der Waals surface area contributed by atoms with Crippen molar-refractivity contribution in [1.82, 2.24) is 19.6 Å². The van der Waals surface area contributed by atoms with Gasteiger partial charge in [-0.15, -0.1) is 0 Å². The van der Waals surface area contributed by atoms with Gasteiger partial charge in [-0.1, -0.05) is 0 Å². The zero-order valence-electron chi connectivity index (χ0n) is 9.85. The lowest BCUT2D eigenvalue weighted by molar-refractivity contribution is 0.633. The molecule has 0 bridgehead atoms. The molecule has 0 spiro atoms. The summed E-state index contributed by atoms with van der Waals surface area (Å²) in [5.41, 5.74) is 2.22. The fourth-order valence-corrected chi connectivity index (χ4v) is 2.43. The minimum Gasteiger partial charge on any atom is -0.275 e. The molecule has 3 rings (SSSR count). The number of rotatable bonds is 1. The molecule has 0 aliphatic rings. The van der Waals surface area contributed by atoms with Gasteiger partial charge in [-0.2, -0.15) is 10.2 Å². The predicted molar refractivity (Wildman–Crippen MR) is 70.6 cm³/mol. The molecule has 2 aromatic heterocycles. The molecular formula is C12H10BrFN4. The molecule has 0 amide bonds. The van der Waals surface area contributed by atoms with Gasteiger partial charge in [0, 0.05) is 25.9 Å². The van der Waals surface area contributed by atoms with E-state index in [9.17, 15) is 4.39 Å². The first-order chi connectivity index (χ1) is 8.58. The number of aryl methyl sites for hydroxylation is 2. The second kappa shape index (κ2) is 3.91. The predicted octanol–water partition coefficient (Wildman–Crippen LogP) is 2.88. The highest BCUT2D eigenvalue weighted by molar-refractivity contribution is 9.10. The smallest absolute Gasteiger partial charge is 0.149 e. The van der Waals surface area contributed by atoms with Gasteiger partial charge >= 0.3 is 0 Å². The molecule has 92 valence electrons. The van der Waals surface area contributed by atoms with Crippen LogP contribution in [-0.2, 0) is 14.1 Å². The van der Waals surface area contributed by atoms with Gasteiger partial charge in [0.05, 0.1) is 27.3 Å². The molecular weight excluding hydrogens is 299 g/mol. The Hall–Kier alpha value is -1.69. The Morgan fingerprint density at radius 2 is 2.06 bits per heavy atom. The van der Waals surface area contributed by atoms with Crippen LogP contribution in [0.25, 0.3) is 22.2 Å². The van der Waals surface area contributed by atoms with Gasteiger partial charge in [0.15, 0.2) is 0 Å². The molecule has 2 heterocycles. The Morgan fingerprint density at radius 3 is 2.72 bits per heavy atom. The van der Waals surface area contributed by atoms with Crippen molar-refractivity contribution in [3.05, 3.63) is 34.8 Å². The molecule has 0 atom stereocenters. The number of hydrogen-bond donors (Lipinski definition) is 0. The van der Waals surface area contributed by atoms with Crippen LogP contribution in [0.2, 0.25) is 0 Å². The van der Waals surface area contributed by atoms with Crippen LogP contribution in [0.3, 0.4) is 0 Å². The van der Waals surface area contributed by atoms with Gasteiger partial charge in [0.1, 0.15) is 5.82 Å². The fraction of sp³-hybridized carbons (Fsp3) is 0.167. The van der Waals surface area contributed by atoms with Gasteiger partial charge in [0.25, 0.3) is 0 Å². The van der Waals surface area contributed by atoms with Crippen LogP contribution in [0.1, 0.15) is 0 Å². The Morgan fingerprint density at radius 1 is 1.28 bits per heavy atom. The largest absolute Gasteiger partial charge is 0.275 e. The van der Waals surface area contributed by atoms with Crippen LogP contribution in [0.15, 0.2) is 29.0 Å². The summed E-state index contributed by atoms with van der Waals surface area (Å²) in [6.07, 6.45) is 3.55. The lowest BCUT2D eigenvalue weighted by atomic mass is 10.1. The SMILES string of the molecule is Cn1cc(-c2c3c(F)c(Br)ccc3nn2C)cn1. The molecule has 0 saturated carbocycles. The van der Waals surface area contributed by atoms with E-state index in [2.05, 4.69) is 26.1 Å². The summed E-state index contributed by atoms with van der Waals surface area (Å²) in [5.74, 6) is -0.292. The molecule has 0 aliphatic carbocycles. The maximum absolute atomic E-state index is 14.2. The summed E-state index contributed by atoms with van der Waals surface area (Å²) in [4.78, 5) is 0. The van der Waals surface area contributed by atoms with Crippen LogP contribution in [-0.4, -0.2) is 19.6 Å². The molecule has 0 N–H and O–H groups in total.